The highest BCUT2D eigenvalue weighted by molar-refractivity contribution is 7.80. The molecule has 0 rings (SSSR count). The average Bonchev–Trinajstić information content (AvgIpc) is 1.83. The van der Waals surface area contributed by atoms with Crippen LogP contribution in [-0.4, -0.2) is 5.11 Å². The number of hydrogen-bond acceptors (Lipinski definition) is 5. The van der Waals surface area contributed by atoms with Crippen molar-refractivity contribution in [2.45, 2.75) is 0 Å². The molecule has 8 heavy (non-hydrogen) atoms. The molecule has 0 aliphatic heterocycles. The predicted molar refractivity (Wildman–Crippen MR) is 31.5 cm³/mol. The predicted octanol–water partition coefficient (Wildman–Crippen LogP) is -2.37. The van der Waals surface area contributed by atoms with Crippen LogP contribution in [0.3, 0.4) is 0 Å². The molecule has 0 unspecified atom stereocenters. The van der Waals surface area contributed by atoms with Gasteiger partial charge in [-0.1, -0.05) is 5.59 Å². The van der Waals surface area contributed by atoms with E-state index in [1.165, 1.54) is 0 Å². The topological polar surface area (TPSA) is 97.4 Å². The highest BCUT2D eigenvalue weighted by Crippen LogP contribution is 1.52. The summed E-state index contributed by atoms with van der Waals surface area (Å²) in [4.78, 5) is 3.87. The third kappa shape index (κ3) is 3.71. The zero-order valence-corrected chi connectivity index (χ0v) is 4.79. The van der Waals surface area contributed by atoms with Gasteiger partial charge in [-0.15, -0.1) is 0 Å². The van der Waals surface area contributed by atoms with Crippen molar-refractivity contribution in [3.63, 3.8) is 0 Å². The Morgan fingerprint density at radius 1 is 1.62 bits per heavy atom. The highest BCUT2D eigenvalue weighted by atomic mass is 32.1. The van der Waals surface area contributed by atoms with Gasteiger partial charge < -0.3 is 0 Å². The molecule has 0 saturated carbocycles. The number of hydrogen-bond donors (Lipinski definition) is 5. The van der Waals surface area contributed by atoms with E-state index in [4.69, 9.17) is 5.84 Å². The van der Waals surface area contributed by atoms with E-state index in [1.807, 2.05) is 5.59 Å². The molecule has 0 fully saturated rings. The van der Waals surface area contributed by atoms with Crippen LogP contribution in [0.4, 0.5) is 0 Å². The maximum absolute atomic E-state index is 4.82. The minimum atomic E-state index is 0.190. The van der Waals surface area contributed by atoms with Gasteiger partial charge in [-0.05, 0) is 12.2 Å². The van der Waals surface area contributed by atoms with E-state index in [1.54, 1.807) is 0 Å². The molecule has 0 radical (unpaired) electrons. The molecule has 7 N–H and O–H groups in total. The van der Waals surface area contributed by atoms with Crippen LogP contribution in [0.25, 0.3) is 0 Å². The third-order valence-corrected chi connectivity index (χ3v) is 0.574. The average molecular weight is 137 g/mol. The Hall–Kier alpha value is -0.470. The largest absolute Gasteiger partial charge is 0.300 e. The van der Waals surface area contributed by atoms with E-state index in [-0.39, 0.29) is 5.11 Å². The lowest BCUT2D eigenvalue weighted by molar-refractivity contribution is 0.0244. The summed E-state index contributed by atoms with van der Waals surface area (Å²) in [6.07, 6.45) is 0. The van der Waals surface area contributed by atoms with Gasteiger partial charge in [0.2, 0.25) is 0 Å². The van der Waals surface area contributed by atoms with Crippen LogP contribution in [0, 0.1) is 0 Å². The van der Waals surface area contributed by atoms with Crippen molar-refractivity contribution in [1.29, 1.82) is 0 Å². The molecule has 0 aromatic heterocycles. The molecule has 0 aromatic rings. The van der Waals surface area contributed by atoms with Crippen molar-refractivity contribution in [2.24, 2.45) is 11.7 Å². The fourth-order valence-corrected chi connectivity index (χ4v) is 0.154. The van der Waals surface area contributed by atoms with Crippen LogP contribution in [0.5, 0.6) is 0 Å². The van der Waals surface area contributed by atoms with Crippen molar-refractivity contribution >= 4 is 17.3 Å². The van der Waals surface area contributed by atoms with Gasteiger partial charge in [-0.25, -0.2) is 5.84 Å². The molecule has 48 valence electrons. The van der Waals surface area contributed by atoms with Crippen molar-refractivity contribution in [3.8, 4) is 0 Å². The minimum absolute atomic E-state index is 0.190. The second-order valence-electron chi connectivity index (χ2n) is 0.818. The van der Waals surface area contributed by atoms with Crippen molar-refractivity contribution in [1.82, 2.24) is 16.4 Å². The van der Waals surface area contributed by atoms with Crippen LogP contribution in [-0.2, 0) is 4.94 Å². The standard InChI is InChI=1S/CH7N5OS/c2-4-1(8)5-6-7-3/h6H,2-3H2,(H2,4,5,8). The molecule has 0 saturated heterocycles. The lowest BCUT2D eigenvalue weighted by atomic mass is 11.2. The summed E-state index contributed by atoms with van der Waals surface area (Å²) in [5, 5.41) is 0.190. The van der Waals surface area contributed by atoms with Crippen molar-refractivity contribution in [2.75, 3.05) is 0 Å². The zero-order chi connectivity index (χ0) is 6.41. The first-order valence-corrected chi connectivity index (χ1v) is 2.09. The van der Waals surface area contributed by atoms with Crippen LogP contribution < -0.4 is 28.2 Å². The molecule has 0 atom stereocenters. The molecule has 0 aromatic carbocycles. The Morgan fingerprint density at radius 2 is 2.25 bits per heavy atom. The Kier molecular flexibility index (Phi) is 4.41. The number of thiocarbonyl (C=S) groups is 1. The highest BCUT2D eigenvalue weighted by Gasteiger charge is 1.83. The number of hydrazine groups is 2. The number of nitrogens with two attached hydrogens (primary N) is 2. The van der Waals surface area contributed by atoms with Crippen molar-refractivity contribution < 1.29 is 4.94 Å². The SMILES string of the molecule is NNC(=S)NNON. The van der Waals surface area contributed by atoms with E-state index < -0.39 is 0 Å². The first-order valence-electron chi connectivity index (χ1n) is 1.68. The van der Waals surface area contributed by atoms with E-state index in [0.717, 1.165) is 0 Å². The molecule has 0 amide bonds. The molecule has 0 spiro atoms. The maximum atomic E-state index is 4.82. The van der Waals surface area contributed by atoms with Crippen LogP contribution >= 0.6 is 12.2 Å². The van der Waals surface area contributed by atoms with Gasteiger partial charge in [0, 0.05) is 0 Å². The number of nitrogens with one attached hydrogen (secondary N) is 3. The fraction of sp³-hybridized carbons (Fsp3) is 0. The van der Waals surface area contributed by atoms with Gasteiger partial charge in [0.25, 0.3) is 0 Å². The Labute approximate surface area is 51.4 Å². The molecule has 0 heterocycles. The molecular weight excluding hydrogens is 130 g/mol. The monoisotopic (exact) mass is 137 g/mol. The van der Waals surface area contributed by atoms with Gasteiger partial charge in [0.15, 0.2) is 5.11 Å². The minimum Gasteiger partial charge on any atom is -0.300 e. The zero-order valence-electron chi connectivity index (χ0n) is 3.97. The van der Waals surface area contributed by atoms with E-state index in [2.05, 4.69) is 33.9 Å². The van der Waals surface area contributed by atoms with E-state index >= 15 is 0 Å². The lowest BCUT2D eigenvalue weighted by Gasteiger charge is -2.03. The second kappa shape index (κ2) is 4.68. The summed E-state index contributed by atoms with van der Waals surface area (Å²) < 4.78 is 0. The number of rotatable bonds is 2. The normalized spacial score (nSPS) is 8.25. The van der Waals surface area contributed by atoms with E-state index in [0.29, 0.717) is 0 Å². The summed E-state index contributed by atoms with van der Waals surface area (Å²) in [5.74, 6) is 9.35. The van der Waals surface area contributed by atoms with Gasteiger partial charge in [-0.2, -0.15) is 10.8 Å². The van der Waals surface area contributed by atoms with Crippen LogP contribution in [0.15, 0.2) is 0 Å². The molecule has 0 aliphatic rings. The van der Waals surface area contributed by atoms with Crippen LogP contribution in [0.2, 0.25) is 0 Å². The first-order chi connectivity index (χ1) is 3.81. The summed E-state index contributed by atoms with van der Waals surface area (Å²) >= 11 is 4.48. The fourth-order valence-electron chi connectivity index (χ4n) is 0.112. The molecule has 7 heteroatoms. The van der Waals surface area contributed by atoms with Gasteiger partial charge in [-0.3, -0.25) is 10.9 Å². The summed E-state index contributed by atoms with van der Waals surface area (Å²) in [7, 11) is 0. The van der Waals surface area contributed by atoms with E-state index in [9.17, 15) is 0 Å². The quantitative estimate of drug-likeness (QED) is 0.165. The lowest BCUT2D eigenvalue weighted by Crippen LogP contribution is -2.47. The smallest absolute Gasteiger partial charge is 0.196 e. The summed E-state index contributed by atoms with van der Waals surface area (Å²) in [6.45, 7) is 0. The molecule has 0 aliphatic carbocycles. The molecule has 6 nitrogen and oxygen atoms in total. The summed E-state index contributed by atoms with van der Waals surface area (Å²) in [6, 6.07) is 0. The first kappa shape index (κ1) is 7.53. The molecule has 0 bridgehead atoms. The van der Waals surface area contributed by atoms with Crippen LogP contribution in [0.1, 0.15) is 0 Å². The summed E-state index contributed by atoms with van der Waals surface area (Å²) in [5.41, 5.74) is 6.45. The van der Waals surface area contributed by atoms with Gasteiger partial charge in [0.05, 0.1) is 0 Å². The van der Waals surface area contributed by atoms with Crippen molar-refractivity contribution in [3.05, 3.63) is 0 Å². The Balaban J connectivity index is 2.99. The Bertz CT molecular complexity index is 74.8. The second-order valence-corrected chi connectivity index (χ2v) is 1.23. The Morgan fingerprint density at radius 3 is 2.62 bits per heavy atom. The van der Waals surface area contributed by atoms with Gasteiger partial charge >= 0.3 is 0 Å². The third-order valence-electron chi connectivity index (χ3n) is 0.355. The molecular formula is CH7N5OS. The van der Waals surface area contributed by atoms with Gasteiger partial charge in [0.1, 0.15) is 0 Å². The maximum Gasteiger partial charge on any atom is 0.196 e.